The second-order valence-corrected chi connectivity index (χ2v) is 7.19. The van der Waals surface area contributed by atoms with E-state index < -0.39 is 0 Å². The van der Waals surface area contributed by atoms with Crippen LogP contribution in [0.25, 0.3) is 22.6 Å². The first-order valence-corrected chi connectivity index (χ1v) is 9.57. The van der Waals surface area contributed by atoms with Crippen molar-refractivity contribution in [2.45, 2.75) is 26.7 Å². The van der Waals surface area contributed by atoms with Crippen molar-refractivity contribution in [3.63, 3.8) is 0 Å². The Balaban J connectivity index is 1.51. The van der Waals surface area contributed by atoms with Crippen molar-refractivity contribution in [1.82, 2.24) is 15.0 Å². The molecule has 0 unspecified atom stereocenters. The summed E-state index contributed by atoms with van der Waals surface area (Å²) in [7, 11) is 0. The second-order valence-electron chi connectivity index (χ2n) is 7.19. The van der Waals surface area contributed by atoms with Crippen LogP contribution in [0.15, 0.2) is 79.3 Å². The van der Waals surface area contributed by atoms with Crippen molar-refractivity contribution in [2.24, 2.45) is 0 Å². The topological polar surface area (TPSA) is 38.7 Å². The van der Waals surface area contributed by atoms with Gasteiger partial charge in [-0.15, -0.1) is 0 Å². The number of aryl methyl sites for hydroxylation is 4. The molecule has 0 bridgehead atoms. The van der Waals surface area contributed by atoms with Crippen LogP contribution in [0, 0.1) is 13.8 Å². The summed E-state index contributed by atoms with van der Waals surface area (Å²) in [6.45, 7) is 4.18. The second kappa shape index (κ2) is 8.13. The Morgan fingerprint density at radius 2 is 1.14 bits per heavy atom. The number of benzene rings is 1. The molecule has 0 aliphatic carbocycles. The number of rotatable bonds is 5. The highest BCUT2D eigenvalue weighted by atomic mass is 14.8. The third kappa shape index (κ3) is 4.32. The molecule has 4 aromatic rings. The zero-order chi connectivity index (χ0) is 19.3. The third-order valence-electron chi connectivity index (χ3n) is 4.84. The van der Waals surface area contributed by atoms with Gasteiger partial charge in [0.25, 0.3) is 0 Å². The van der Waals surface area contributed by atoms with E-state index in [9.17, 15) is 0 Å². The summed E-state index contributed by atoms with van der Waals surface area (Å²) in [6.07, 6.45) is 7.54. The average Bonchev–Trinajstić information content (AvgIpc) is 2.73. The van der Waals surface area contributed by atoms with Gasteiger partial charge in [0.15, 0.2) is 0 Å². The molecule has 0 fully saturated rings. The number of hydrogen-bond acceptors (Lipinski definition) is 3. The lowest BCUT2D eigenvalue weighted by Crippen LogP contribution is -1.95. The summed E-state index contributed by atoms with van der Waals surface area (Å²) < 4.78 is 0. The summed E-state index contributed by atoms with van der Waals surface area (Å²) in [6, 6.07) is 21.1. The summed E-state index contributed by atoms with van der Waals surface area (Å²) in [5, 5.41) is 0. The predicted octanol–water partition coefficient (Wildman–Crippen LogP) is 5.61. The molecule has 0 radical (unpaired) electrons. The lowest BCUT2D eigenvalue weighted by atomic mass is 10.0. The maximum atomic E-state index is 4.55. The van der Waals surface area contributed by atoms with Crippen molar-refractivity contribution >= 4 is 0 Å². The SMILES string of the molecule is Cc1cccc(-c2cc(CCc3ccnc(-c4cc(C)ccn4)c3)ccn2)c1. The lowest BCUT2D eigenvalue weighted by Gasteiger charge is -2.07. The largest absolute Gasteiger partial charge is 0.256 e. The van der Waals surface area contributed by atoms with Crippen LogP contribution < -0.4 is 0 Å². The van der Waals surface area contributed by atoms with E-state index in [0.29, 0.717) is 0 Å². The smallest absolute Gasteiger partial charge is 0.0888 e. The Bertz CT molecular complexity index is 1010. The normalized spacial score (nSPS) is 10.8. The molecule has 4 rings (SSSR count). The van der Waals surface area contributed by atoms with Crippen molar-refractivity contribution in [3.8, 4) is 22.6 Å². The Morgan fingerprint density at radius 1 is 0.571 bits per heavy atom. The Kier molecular flexibility index (Phi) is 5.24. The Morgan fingerprint density at radius 3 is 1.82 bits per heavy atom. The molecule has 3 heteroatoms. The average molecular weight is 365 g/mol. The van der Waals surface area contributed by atoms with Gasteiger partial charge in [0.05, 0.1) is 17.1 Å². The molecule has 0 saturated heterocycles. The molecule has 3 aromatic heterocycles. The molecular weight excluding hydrogens is 342 g/mol. The highest BCUT2D eigenvalue weighted by Gasteiger charge is 2.05. The van der Waals surface area contributed by atoms with Crippen LogP contribution >= 0.6 is 0 Å². The van der Waals surface area contributed by atoms with Gasteiger partial charge in [-0.1, -0.05) is 23.8 Å². The molecule has 0 atom stereocenters. The van der Waals surface area contributed by atoms with Gasteiger partial charge in [-0.05, 0) is 85.8 Å². The zero-order valence-corrected chi connectivity index (χ0v) is 16.3. The maximum absolute atomic E-state index is 4.55. The van der Waals surface area contributed by atoms with Gasteiger partial charge in [0.1, 0.15) is 0 Å². The summed E-state index contributed by atoms with van der Waals surface area (Å²) in [5.41, 5.74) is 9.04. The third-order valence-corrected chi connectivity index (χ3v) is 4.84. The fourth-order valence-corrected chi connectivity index (χ4v) is 3.33. The van der Waals surface area contributed by atoms with Gasteiger partial charge in [-0.2, -0.15) is 0 Å². The minimum atomic E-state index is 0.924. The van der Waals surface area contributed by atoms with E-state index in [1.165, 1.54) is 27.8 Å². The van der Waals surface area contributed by atoms with Crippen LogP contribution in [0.4, 0.5) is 0 Å². The summed E-state index contributed by atoms with van der Waals surface area (Å²) in [4.78, 5) is 13.5. The molecule has 3 nitrogen and oxygen atoms in total. The predicted molar refractivity (Wildman–Crippen MR) is 114 cm³/mol. The molecule has 0 aliphatic heterocycles. The molecular formula is C25H23N3. The Hall–Kier alpha value is -3.33. The summed E-state index contributed by atoms with van der Waals surface area (Å²) in [5.74, 6) is 0. The molecule has 138 valence electrons. The fourth-order valence-electron chi connectivity index (χ4n) is 3.33. The first-order chi connectivity index (χ1) is 13.7. The van der Waals surface area contributed by atoms with Crippen molar-refractivity contribution in [1.29, 1.82) is 0 Å². The molecule has 28 heavy (non-hydrogen) atoms. The van der Waals surface area contributed by atoms with E-state index in [1.54, 1.807) is 0 Å². The van der Waals surface area contributed by atoms with E-state index in [1.807, 2.05) is 24.7 Å². The van der Waals surface area contributed by atoms with Crippen LogP contribution in [0.1, 0.15) is 22.3 Å². The van der Waals surface area contributed by atoms with Crippen LogP contribution in [0.3, 0.4) is 0 Å². The van der Waals surface area contributed by atoms with E-state index in [2.05, 4.69) is 83.4 Å². The lowest BCUT2D eigenvalue weighted by molar-refractivity contribution is 0.951. The number of nitrogens with zero attached hydrogens (tertiary/aromatic N) is 3. The number of hydrogen-bond donors (Lipinski definition) is 0. The molecule has 0 amide bonds. The van der Waals surface area contributed by atoms with Crippen molar-refractivity contribution in [3.05, 3.63) is 102 Å². The van der Waals surface area contributed by atoms with E-state index in [0.717, 1.165) is 29.9 Å². The first-order valence-electron chi connectivity index (χ1n) is 9.57. The molecule has 0 N–H and O–H groups in total. The van der Waals surface area contributed by atoms with E-state index in [-0.39, 0.29) is 0 Å². The van der Waals surface area contributed by atoms with Crippen molar-refractivity contribution in [2.75, 3.05) is 0 Å². The monoisotopic (exact) mass is 365 g/mol. The van der Waals surface area contributed by atoms with Gasteiger partial charge in [0.2, 0.25) is 0 Å². The number of pyridine rings is 3. The molecule has 0 spiro atoms. The van der Waals surface area contributed by atoms with E-state index >= 15 is 0 Å². The minimum Gasteiger partial charge on any atom is -0.256 e. The highest BCUT2D eigenvalue weighted by Crippen LogP contribution is 2.21. The van der Waals surface area contributed by atoms with Crippen LogP contribution in [-0.2, 0) is 12.8 Å². The number of aromatic nitrogens is 3. The van der Waals surface area contributed by atoms with Gasteiger partial charge in [0, 0.05) is 24.2 Å². The molecule has 1 aromatic carbocycles. The highest BCUT2D eigenvalue weighted by molar-refractivity contribution is 5.60. The first kappa shape index (κ1) is 18.1. The van der Waals surface area contributed by atoms with Gasteiger partial charge in [-0.3, -0.25) is 15.0 Å². The zero-order valence-electron chi connectivity index (χ0n) is 16.3. The minimum absolute atomic E-state index is 0.924. The van der Waals surface area contributed by atoms with Crippen LogP contribution in [0.5, 0.6) is 0 Å². The van der Waals surface area contributed by atoms with Gasteiger partial charge in [-0.25, -0.2) is 0 Å². The molecule has 0 aliphatic rings. The van der Waals surface area contributed by atoms with E-state index in [4.69, 9.17) is 0 Å². The quantitative estimate of drug-likeness (QED) is 0.461. The molecule has 0 saturated carbocycles. The Labute approximate surface area is 166 Å². The standard InChI is InChI=1S/C25H23N3/c1-18-4-3-5-22(14-18)23-16-20(9-12-26-23)6-7-21-10-13-28-25(17-21)24-15-19(2)8-11-27-24/h3-5,8-17H,6-7H2,1-2H3. The summed E-state index contributed by atoms with van der Waals surface area (Å²) >= 11 is 0. The molecule has 3 heterocycles. The van der Waals surface area contributed by atoms with Crippen molar-refractivity contribution < 1.29 is 0 Å². The van der Waals surface area contributed by atoms with Gasteiger partial charge < -0.3 is 0 Å². The van der Waals surface area contributed by atoms with Crippen LogP contribution in [0.2, 0.25) is 0 Å². The van der Waals surface area contributed by atoms with Crippen LogP contribution in [-0.4, -0.2) is 15.0 Å². The maximum Gasteiger partial charge on any atom is 0.0888 e. The van der Waals surface area contributed by atoms with Gasteiger partial charge >= 0.3 is 0 Å². The fraction of sp³-hybridized carbons (Fsp3) is 0.160.